The summed E-state index contributed by atoms with van der Waals surface area (Å²) in [6.45, 7) is 0. The first-order chi connectivity index (χ1) is 20.3. The molecule has 0 bridgehead atoms. The molecule has 0 unspecified atom stereocenters. The van der Waals surface area contributed by atoms with E-state index in [1.165, 1.54) is 24.3 Å². The summed E-state index contributed by atoms with van der Waals surface area (Å²) < 4.78 is 148. The lowest BCUT2D eigenvalue weighted by Crippen LogP contribution is -2.29. The van der Waals surface area contributed by atoms with Crippen molar-refractivity contribution in [3.8, 4) is 28.0 Å². The van der Waals surface area contributed by atoms with E-state index < -0.39 is 84.2 Å². The maximum atomic E-state index is 13.8. The number of hydrogen-bond acceptors (Lipinski definition) is 5. The fourth-order valence-corrected chi connectivity index (χ4v) is 5.14. The van der Waals surface area contributed by atoms with Crippen molar-refractivity contribution in [3.63, 3.8) is 0 Å². The first-order valence-electron chi connectivity index (χ1n) is 12.1. The highest BCUT2D eigenvalue weighted by Gasteiger charge is 2.49. The molecule has 44 heavy (non-hydrogen) atoms. The fraction of sp³-hybridized carbons (Fsp3) is 0.103. The number of halogens is 9. The normalized spacial score (nSPS) is 13.8. The predicted molar refractivity (Wildman–Crippen MR) is 136 cm³/mol. The molecule has 0 spiro atoms. The highest BCUT2D eigenvalue weighted by atomic mass is 32.2. The summed E-state index contributed by atoms with van der Waals surface area (Å²) >= 11 is 0. The number of fused-ring (bicyclic) bond motifs is 2. The standard InChI is InChI=1S/C29H13F9O5S/c30-27(31,32)16-9-5-14(6-10-16)20-13-21(43-44(41,42)29(36,37)38)22(15-7-11-17(12-8-15)28(33,34)35)24-23(20)25(39)18-3-1-2-4-19(18)26(24)40/h1-13H. The van der Waals surface area contributed by atoms with Gasteiger partial charge in [-0.25, -0.2) is 0 Å². The monoisotopic (exact) mass is 644 g/mol. The average Bonchev–Trinajstić information content (AvgIpc) is 2.94. The molecular formula is C29H13F9O5S. The SMILES string of the molecule is O=C1c2ccccc2C(=O)c2c1c(-c1ccc(C(F)(F)F)cc1)cc(OS(=O)(=O)C(F)(F)F)c2-c1ccc(C(F)(F)F)cc1. The molecule has 1 aliphatic rings. The van der Waals surface area contributed by atoms with Crippen molar-refractivity contribution in [3.05, 3.63) is 112 Å². The van der Waals surface area contributed by atoms with E-state index in [0.717, 1.165) is 24.3 Å². The molecule has 0 atom stereocenters. The van der Waals surface area contributed by atoms with E-state index in [9.17, 15) is 57.5 Å². The zero-order chi connectivity index (χ0) is 32.4. The summed E-state index contributed by atoms with van der Waals surface area (Å²) in [7, 11) is -6.48. The van der Waals surface area contributed by atoms with Crippen LogP contribution in [-0.4, -0.2) is 25.5 Å². The minimum Gasteiger partial charge on any atom is -0.375 e. The molecule has 0 radical (unpaired) electrons. The van der Waals surface area contributed by atoms with Crippen LogP contribution >= 0.6 is 0 Å². The van der Waals surface area contributed by atoms with E-state index in [4.69, 9.17) is 0 Å². The second kappa shape index (κ2) is 10.2. The quantitative estimate of drug-likeness (QED) is 0.112. The Bertz CT molecular complexity index is 1920. The van der Waals surface area contributed by atoms with Crippen LogP contribution < -0.4 is 4.18 Å². The third-order valence-corrected chi connectivity index (χ3v) is 7.63. The van der Waals surface area contributed by atoms with Crippen molar-refractivity contribution in [2.75, 3.05) is 0 Å². The van der Waals surface area contributed by atoms with Gasteiger partial charge in [-0.2, -0.15) is 47.9 Å². The Morgan fingerprint density at radius 1 is 0.523 bits per heavy atom. The van der Waals surface area contributed by atoms with Crippen LogP contribution in [0.2, 0.25) is 0 Å². The molecule has 0 aromatic heterocycles. The second-order valence-corrected chi connectivity index (χ2v) is 10.9. The van der Waals surface area contributed by atoms with Gasteiger partial charge in [-0.1, -0.05) is 48.5 Å². The van der Waals surface area contributed by atoms with E-state index in [2.05, 4.69) is 4.18 Å². The zero-order valence-corrected chi connectivity index (χ0v) is 22.2. The summed E-state index contributed by atoms with van der Waals surface area (Å²) in [5, 5.41) is 0. The molecule has 0 N–H and O–H groups in total. The maximum absolute atomic E-state index is 13.8. The Hall–Kier alpha value is -4.66. The van der Waals surface area contributed by atoms with E-state index in [-0.39, 0.29) is 16.7 Å². The lowest BCUT2D eigenvalue weighted by molar-refractivity contribution is -0.138. The number of carbonyl (C=O) groups excluding carboxylic acids is 2. The lowest BCUT2D eigenvalue weighted by atomic mass is 9.76. The summed E-state index contributed by atoms with van der Waals surface area (Å²) in [4.78, 5) is 27.6. The molecule has 0 aliphatic heterocycles. The number of alkyl halides is 9. The van der Waals surface area contributed by atoms with Crippen molar-refractivity contribution in [2.24, 2.45) is 0 Å². The topological polar surface area (TPSA) is 77.5 Å². The molecule has 0 heterocycles. The van der Waals surface area contributed by atoms with Crippen molar-refractivity contribution in [2.45, 2.75) is 17.9 Å². The summed E-state index contributed by atoms with van der Waals surface area (Å²) in [5.41, 5.74) is -12.0. The first-order valence-corrected chi connectivity index (χ1v) is 13.5. The minimum absolute atomic E-state index is 0.187. The third kappa shape index (κ3) is 5.31. The van der Waals surface area contributed by atoms with Gasteiger partial charge in [-0.05, 0) is 47.0 Å². The molecule has 0 fully saturated rings. The second-order valence-electron chi connectivity index (χ2n) is 9.38. The van der Waals surface area contributed by atoms with Crippen molar-refractivity contribution in [1.82, 2.24) is 0 Å². The van der Waals surface area contributed by atoms with E-state index in [0.29, 0.717) is 30.3 Å². The van der Waals surface area contributed by atoms with Gasteiger partial charge in [0.15, 0.2) is 17.3 Å². The molecule has 5 rings (SSSR count). The van der Waals surface area contributed by atoms with Crippen LogP contribution in [0.4, 0.5) is 39.5 Å². The lowest BCUT2D eigenvalue weighted by Gasteiger charge is -2.26. The van der Waals surface area contributed by atoms with Gasteiger partial charge in [0, 0.05) is 27.8 Å². The fourth-order valence-electron chi connectivity index (χ4n) is 4.68. The molecule has 0 saturated carbocycles. The van der Waals surface area contributed by atoms with Gasteiger partial charge in [0.2, 0.25) is 0 Å². The third-order valence-electron chi connectivity index (χ3n) is 6.67. The maximum Gasteiger partial charge on any atom is 0.534 e. The first kappa shape index (κ1) is 30.8. The van der Waals surface area contributed by atoms with E-state index >= 15 is 0 Å². The van der Waals surface area contributed by atoms with Crippen LogP contribution in [0.15, 0.2) is 78.9 Å². The van der Waals surface area contributed by atoms with E-state index in [1.54, 1.807) is 0 Å². The van der Waals surface area contributed by atoms with Crippen LogP contribution in [0, 0.1) is 0 Å². The van der Waals surface area contributed by atoms with Crippen molar-refractivity contribution < 1.29 is 61.7 Å². The van der Waals surface area contributed by atoms with Gasteiger partial charge in [-0.15, -0.1) is 0 Å². The van der Waals surface area contributed by atoms with Gasteiger partial charge >= 0.3 is 28.0 Å². The van der Waals surface area contributed by atoms with Crippen LogP contribution in [0.3, 0.4) is 0 Å². The predicted octanol–water partition coefficient (Wildman–Crippen LogP) is 8.06. The van der Waals surface area contributed by atoms with Gasteiger partial charge in [-0.3, -0.25) is 9.59 Å². The summed E-state index contributed by atoms with van der Waals surface area (Å²) in [6, 6.07) is 11.1. The van der Waals surface area contributed by atoms with Crippen molar-refractivity contribution >= 4 is 21.7 Å². The largest absolute Gasteiger partial charge is 0.534 e. The zero-order valence-electron chi connectivity index (χ0n) is 21.4. The number of ketones is 2. The highest BCUT2D eigenvalue weighted by Crippen LogP contribution is 2.47. The van der Waals surface area contributed by atoms with E-state index in [1.807, 2.05) is 0 Å². The molecule has 228 valence electrons. The van der Waals surface area contributed by atoms with Gasteiger partial charge < -0.3 is 4.18 Å². The number of rotatable bonds is 4. The molecule has 0 saturated heterocycles. The van der Waals surface area contributed by atoms with Crippen molar-refractivity contribution in [1.29, 1.82) is 0 Å². The molecule has 0 amide bonds. The Morgan fingerprint density at radius 3 is 1.39 bits per heavy atom. The number of hydrogen-bond donors (Lipinski definition) is 0. The summed E-state index contributed by atoms with van der Waals surface area (Å²) in [5.74, 6) is -3.16. The van der Waals surface area contributed by atoms with Crippen LogP contribution in [0.1, 0.15) is 43.0 Å². The van der Waals surface area contributed by atoms with Gasteiger partial charge in [0.25, 0.3) is 0 Å². The molecular weight excluding hydrogens is 631 g/mol. The van der Waals surface area contributed by atoms with Crippen LogP contribution in [-0.2, 0) is 22.5 Å². The Kier molecular flexibility index (Phi) is 7.15. The Balaban J connectivity index is 1.89. The molecule has 5 nitrogen and oxygen atoms in total. The molecule has 15 heteroatoms. The highest BCUT2D eigenvalue weighted by molar-refractivity contribution is 7.88. The average molecular weight is 644 g/mol. The summed E-state index contributed by atoms with van der Waals surface area (Å²) in [6.07, 6.45) is -9.65. The van der Waals surface area contributed by atoms with Crippen LogP contribution in [0.25, 0.3) is 22.3 Å². The van der Waals surface area contributed by atoms with Crippen LogP contribution in [0.5, 0.6) is 5.75 Å². The smallest absolute Gasteiger partial charge is 0.375 e. The molecule has 4 aromatic rings. The Morgan fingerprint density at radius 2 is 0.955 bits per heavy atom. The number of benzene rings is 4. The Labute approximate surface area is 241 Å². The molecule has 4 aromatic carbocycles. The molecule has 1 aliphatic carbocycles. The minimum atomic E-state index is -6.48. The van der Waals surface area contributed by atoms with Gasteiger partial charge in [0.05, 0.1) is 11.1 Å². The van der Waals surface area contributed by atoms with Gasteiger partial charge in [0.1, 0.15) is 0 Å². The number of carbonyl (C=O) groups is 2.